The number of carbonyl (C=O) groups is 1. The SMILES string of the molecule is CN(Cc1ccc(Cl)cc1)C(=O)c1cccc(S)c1. The molecule has 4 heteroatoms. The van der Waals surface area contributed by atoms with Gasteiger partial charge in [-0.15, -0.1) is 12.6 Å². The monoisotopic (exact) mass is 291 g/mol. The van der Waals surface area contributed by atoms with Gasteiger partial charge in [-0.2, -0.15) is 0 Å². The molecule has 0 aromatic heterocycles. The molecule has 2 aromatic carbocycles. The van der Waals surface area contributed by atoms with Gasteiger partial charge in [0.15, 0.2) is 0 Å². The van der Waals surface area contributed by atoms with Gasteiger partial charge in [-0.25, -0.2) is 0 Å². The van der Waals surface area contributed by atoms with Crippen molar-refractivity contribution < 1.29 is 4.79 Å². The first-order chi connectivity index (χ1) is 9.06. The number of carbonyl (C=O) groups excluding carboxylic acids is 1. The van der Waals surface area contributed by atoms with Crippen LogP contribution in [0, 0.1) is 0 Å². The molecule has 0 aliphatic rings. The predicted octanol–water partition coefficient (Wildman–Crippen LogP) is 3.90. The van der Waals surface area contributed by atoms with Crippen LogP contribution >= 0.6 is 24.2 Å². The number of benzene rings is 2. The van der Waals surface area contributed by atoms with Gasteiger partial charge in [-0.3, -0.25) is 4.79 Å². The van der Waals surface area contributed by atoms with E-state index >= 15 is 0 Å². The molecule has 0 atom stereocenters. The van der Waals surface area contributed by atoms with Crippen LogP contribution in [0.25, 0.3) is 0 Å². The summed E-state index contributed by atoms with van der Waals surface area (Å²) in [6, 6.07) is 14.7. The fraction of sp³-hybridized carbons (Fsp3) is 0.133. The maximum Gasteiger partial charge on any atom is 0.253 e. The lowest BCUT2D eigenvalue weighted by atomic mass is 10.1. The van der Waals surface area contributed by atoms with E-state index in [2.05, 4.69) is 12.6 Å². The summed E-state index contributed by atoms with van der Waals surface area (Å²) in [7, 11) is 1.78. The van der Waals surface area contributed by atoms with E-state index in [9.17, 15) is 4.79 Å². The molecule has 0 fully saturated rings. The minimum Gasteiger partial charge on any atom is -0.337 e. The molecule has 2 rings (SSSR count). The Labute approximate surface area is 123 Å². The van der Waals surface area contributed by atoms with Crippen molar-refractivity contribution in [1.82, 2.24) is 4.90 Å². The second-order valence-electron chi connectivity index (χ2n) is 4.34. The van der Waals surface area contributed by atoms with E-state index in [1.165, 1.54) is 0 Å². The first kappa shape index (κ1) is 14.0. The lowest BCUT2D eigenvalue weighted by molar-refractivity contribution is 0.0785. The van der Waals surface area contributed by atoms with Crippen LogP contribution in [0.15, 0.2) is 53.4 Å². The largest absolute Gasteiger partial charge is 0.337 e. The van der Waals surface area contributed by atoms with Gasteiger partial charge in [0.25, 0.3) is 5.91 Å². The number of rotatable bonds is 3. The molecule has 0 N–H and O–H groups in total. The number of nitrogens with zero attached hydrogens (tertiary/aromatic N) is 1. The predicted molar refractivity (Wildman–Crippen MR) is 80.9 cm³/mol. The summed E-state index contributed by atoms with van der Waals surface area (Å²) in [6.07, 6.45) is 0. The maximum absolute atomic E-state index is 12.2. The molecule has 98 valence electrons. The van der Waals surface area contributed by atoms with E-state index in [1.807, 2.05) is 36.4 Å². The lowest BCUT2D eigenvalue weighted by Gasteiger charge is -2.17. The highest BCUT2D eigenvalue weighted by Gasteiger charge is 2.11. The average molecular weight is 292 g/mol. The van der Waals surface area contributed by atoms with Crippen molar-refractivity contribution in [2.75, 3.05) is 7.05 Å². The van der Waals surface area contributed by atoms with Crippen LogP contribution in [0.3, 0.4) is 0 Å². The Bertz CT molecular complexity index is 583. The summed E-state index contributed by atoms with van der Waals surface area (Å²) < 4.78 is 0. The van der Waals surface area contributed by atoms with Crippen molar-refractivity contribution in [3.8, 4) is 0 Å². The number of hydrogen-bond donors (Lipinski definition) is 1. The van der Waals surface area contributed by atoms with Crippen LogP contribution in [0.5, 0.6) is 0 Å². The second-order valence-corrected chi connectivity index (χ2v) is 5.29. The minimum absolute atomic E-state index is 0.0224. The van der Waals surface area contributed by atoms with Gasteiger partial charge >= 0.3 is 0 Å². The second kappa shape index (κ2) is 6.13. The van der Waals surface area contributed by atoms with E-state index in [1.54, 1.807) is 24.1 Å². The molecule has 0 heterocycles. The number of halogens is 1. The molecule has 0 spiro atoms. The van der Waals surface area contributed by atoms with E-state index in [0.29, 0.717) is 17.1 Å². The summed E-state index contributed by atoms with van der Waals surface area (Å²) in [5.74, 6) is -0.0224. The number of thiol groups is 1. The van der Waals surface area contributed by atoms with Crippen molar-refractivity contribution in [2.45, 2.75) is 11.4 Å². The number of hydrogen-bond acceptors (Lipinski definition) is 2. The van der Waals surface area contributed by atoms with Gasteiger partial charge < -0.3 is 4.90 Å². The summed E-state index contributed by atoms with van der Waals surface area (Å²) >= 11 is 10.1. The zero-order valence-corrected chi connectivity index (χ0v) is 12.2. The van der Waals surface area contributed by atoms with E-state index in [4.69, 9.17) is 11.6 Å². The van der Waals surface area contributed by atoms with Crippen molar-refractivity contribution in [2.24, 2.45) is 0 Å². The number of amides is 1. The standard InChI is InChI=1S/C15H14ClNOS/c1-17(10-11-5-7-13(16)8-6-11)15(18)12-3-2-4-14(19)9-12/h2-9,19H,10H2,1H3. The molecule has 1 amide bonds. The lowest BCUT2D eigenvalue weighted by Crippen LogP contribution is -2.26. The fourth-order valence-corrected chi connectivity index (χ4v) is 2.15. The third-order valence-electron chi connectivity index (χ3n) is 2.77. The highest BCUT2D eigenvalue weighted by atomic mass is 35.5. The quantitative estimate of drug-likeness (QED) is 0.851. The zero-order chi connectivity index (χ0) is 13.8. The van der Waals surface area contributed by atoms with Gasteiger partial charge in [-0.05, 0) is 35.9 Å². The maximum atomic E-state index is 12.2. The molecule has 2 aromatic rings. The molecule has 2 nitrogen and oxygen atoms in total. The first-order valence-corrected chi connectivity index (χ1v) is 6.68. The van der Waals surface area contributed by atoms with Crippen LogP contribution in [0.1, 0.15) is 15.9 Å². The molecule has 0 bridgehead atoms. The van der Waals surface area contributed by atoms with Gasteiger partial charge in [-0.1, -0.05) is 29.8 Å². The van der Waals surface area contributed by atoms with Crippen LogP contribution in [0.4, 0.5) is 0 Å². The fourth-order valence-electron chi connectivity index (χ4n) is 1.79. The highest BCUT2D eigenvalue weighted by Crippen LogP contribution is 2.14. The summed E-state index contributed by atoms with van der Waals surface area (Å²) in [6.45, 7) is 0.548. The van der Waals surface area contributed by atoms with Crippen LogP contribution in [-0.4, -0.2) is 17.9 Å². The Kier molecular flexibility index (Phi) is 4.51. The summed E-state index contributed by atoms with van der Waals surface area (Å²) in [5, 5.41) is 0.695. The molecule has 0 aliphatic carbocycles. The van der Waals surface area contributed by atoms with Crippen LogP contribution < -0.4 is 0 Å². The van der Waals surface area contributed by atoms with Crippen molar-refractivity contribution >= 4 is 30.1 Å². The van der Waals surface area contributed by atoms with Gasteiger partial charge in [0, 0.05) is 29.1 Å². The summed E-state index contributed by atoms with van der Waals surface area (Å²) in [5.41, 5.74) is 1.69. The molecule has 0 saturated carbocycles. The van der Waals surface area contributed by atoms with E-state index < -0.39 is 0 Å². The average Bonchev–Trinajstić information content (AvgIpc) is 2.40. The molecule has 0 saturated heterocycles. The van der Waals surface area contributed by atoms with Gasteiger partial charge in [0.1, 0.15) is 0 Å². The van der Waals surface area contributed by atoms with E-state index in [-0.39, 0.29) is 5.91 Å². The third kappa shape index (κ3) is 3.75. The Morgan fingerprint density at radius 3 is 2.53 bits per heavy atom. The Hall–Kier alpha value is -1.45. The Balaban J connectivity index is 2.09. The Morgan fingerprint density at radius 2 is 1.89 bits per heavy atom. The minimum atomic E-state index is -0.0224. The first-order valence-electron chi connectivity index (χ1n) is 5.85. The normalized spacial score (nSPS) is 10.3. The van der Waals surface area contributed by atoms with Crippen molar-refractivity contribution in [3.63, 3.8) is 0 Å². The van der Waals surface area contributed by atoms with Crippen molar-refractivity contribution in [1.29, 1.82) is 0 Å². The molecule has 0 aliphatic heterocycles. The van der Waals surface area contributed by atoms with E-state index in [0.717, 1.165) is 10.5 Å². The molecule has 0 unspecified atom stereocenters. The molecular weight excluding hydrogens is 278 g/mol. The Morgan fingerprint density at radius 1 is 1.21 bits per heavy atom. The van der Waals surface area contributed by atoms with Gasteiger partial charge in [0.2, 0.25) is 0 Å². The third-order valence-corrected chi connectivity index (χ3v) is 3.30. The van der Waals surface area contributed by atoms with Gasteiger partial charge in [0.05, 0.1) is 0 Å². The summed E-state index contributed by atoms with van der Waals surface area (Å²) in [4.78, 5) is 14.7. The molecule has 0 radical (unpaired) electrons. The zero-order valence-electron chi connectivity index (χ0n) is 10.5. The van der Waals surface area contributed by atoms with Crippen molar-refractivity contribution in [3.05, 3.63) is 64.7 Å². The smallest absolute Gasteiger partial charge is 0.253 e. The highest BCUT2D eigenvalue weighted by molar-refractivity contribution is 7.80. The van der Waals surface area contributed by atoms with Crippen LogP contribution in [-0.2, 0) is 6.54 Å². The molecular formula is C15H14ClNOS. The van der Waals surface area contributed by atoms with Crippen LogP contribution in [0.2, 0.25) is 5.02 Å². The molecule has 19 heavy (non-hydrogen) atoms. The topological polar surface area (TPSA) is 20.3 Å².